The Labute approximate surface area is 188 Å². The Morgan fingerprint density at radius 3 is 2.81 bits per heavy atom. The molecule has 0 spiro atoms. The number of pyridine rings is 2. The number of aromatic nitrogens is 5. The van der Waals surface area contributed by atoms with E-state index in [1.807, 2.05) is 42.8 Å². The third kappa shape index (κ3) is 4.34. The molecule has 0 saturated heterocycles. The highest BCUT2D eigenvalue weighted by molar-refractivity contribution is 6.10. The molecule has 0 unspecified atom stereocenters. The molecule has 0 atom stereocenters. The first-order valence-corrected chi connectivity index (χ1v) is 11.2. The number of anilines is 2. The monoisotopic (exact) mass is 434 g/mol. The SMILES string of the molecule is CCCCCNc1cc2c(c(CNC)n1)CN(c1cccc(-c3nncn3CC)n1)C2=O. The van der Waals surface area contributed by atoms with Gasteiger partial charge < -0.3 is 15.2 Å². The van der Waals surface area contributed by atoms with E-state index in [-0.39, 0.29) is 5.91 Å². The fourth-order valence-corrected chi connectivity index (χ4v) is 3.93. The van der Waals surface area contributed by atoms with Crippen LogP contribution in [0.2, 0.25) is 0 Å². The van der Waals surface area contributed by atoms with E-state index in [2.05, 4.69) is 27.8 Å². The molecule has 2 N–H and O–H groups in total. The van der Waals surface area contributed by atoms with Crippen LogP contribution in [0.15, 0.2) is 30.6 Å². The van der Waals surface area contributed by atoms with Gasteiger partial charge in [0.05, 0.1) is 17.8 Å². The molecule has 9 heteroatoms. The molecule has 3 aromatic heterocycles. The molecule has 168 valence electrons. The molecule has 0 fully saturated rings. The normalized spacial score (nSPS) is 13.0. The van der Waals surface area contributed by atoms with Crippen molar-refractivity contribution in [2.45, 2.75) is 52.7 Å². The number of carbonyl (C=O) groups excluding carboxylic acids is 1. The van der Waals surface area contributed by atoms with Crippen molar-refractivity contribution in [3.8, 4) is 11.5 Å². The molecule has 1 aliphatic heterocycles. The average Bonchev–Trinajstić information content (AvgIpc) is 3.42. The van der Waals surface area contributed by atoms with E-state index in [0.717, 1.165) is 36.6 Å². The van der Waals surface area contributed by atoms with Gasteiger partial charge in [0.1, 0.15) is 23.7 Å². The van der Waals surface area contributed by atoms with E-state index in [1.165, 1.54) is 12.8 Å². The van der Waals surface area contributed by atoms with Crippen molar-refractivity contribution in [3.05, 3.63) is 47.4 Å². The minimum atomic E-state index is -0.0574. The third-order valence-electron chi connectivity index (χ3n) is 5.63. The first-order valence-electron chi connectivity index (χ1n) is 11.2. The van der Waals surface area contributed by atoms with Gasteiger partial charge in [-0.1, -0.05) is 25.8 Å². The lowest BCUT2D eigenvalue weighted by atomic mass is 10.1. The van der Waals surface area contributed by atoms with Crippen molar-refractivity contribution < 1.29 is 4.79 Å². The zero-order chi connectivity index (χ0) is 22.5. The minimum Gasteiger partial charge on any atom is -0.370 e. The number of fused-ring (bicyclic) bond motifs is 1. The van der Waals surface area contributed by atoms with E-state index in [0.29, 0.717) is 36.0 Å². The standard InChI is InChI=1S/C23H30N8O/c1-4-6-7-11-25-20-12-16-17(19(27-20)13-24-3)14-31(23(16)32)21-10-8-9-18(28-21)22-29-26-15-30(22)5-2/h8-10,12,15,24H,4-7,11,13-14H2,1-3H3,(H,25,27). The topological polar surface area (TPSA) is 101 Å². The minimum absolute atomic E-state index is 0.0574. The predicted molar refractivity (Wildman–Crippen MR) is 124 cm³/mol. The smallest absolute Gasteiger partial charge is 0.260 e. The van der Waals surface area contributed by atoms with Crippen LogP contribution in [0.3, 0.4) is 0 Å². The Hall–Kier alpha value is -3.33. The van der Waals surface area contributed by atoms with E-state index in [9.17, 15) is 4.79 Å². The Bertz CT molecular complexity index is 1090. The van der Waals surface area contributed by atoms with Crippen molar-refractivity contribution in [2.24, 2.45) is 0 Å². The second-order valence-electron chi connectivity index (χ2n) is 7.86. The van der Waals surface area contributed by atoms with Gasteiger partial charge in [-0.05, 0) is 38.6 Å². The summed E-state index contributed by atoms with van der Waals surface area (Å²) >= 11 is 0. The fraction of sp³-hybridized carbons (Fsp3) is 0.435. The highest BCUT2D eigenvalue weighted by Crippen LogP contribution is 2.31. The molecule has 3 aromatic rings. The van der Waals surface area contributed by atoms with Gasteiger partial charge in [0.15, 0.2) is 5.82 Å². The third-order valence-corrected chi connectivity index (χ3v) is 5.63. The van der Waals surface area contributed by atoms with Crippen molar-refractivity contribution in [1.29, 1.82) is 0 Å². The molecule has 0 radical (unpaired) electrons. The predicted octanol–water partition coefficient (Wildman–Crippen LogP) is 3.24. The van der Waals surface area contributed by atoms with Crippen LogP contribution in [0.1, 0.15) is 54.7 Å². The number of nitrogens with zero attached hydrogens (tertiary/aromatic N) is 6. The molecule has 1 amide bonds. The number of hydrogen-bond donors (Lipinski definition) is 2. The average molecular weight is 435 g/mol. The molecule has 9 nitrogen and oxygen atoms in total. The molecule has 0 aromatic carbocycles. The Morgan fingerprint density at radius 1 is 1.16 bits per heavy atom. The molecular formula is C23H30N8O. The first-order chi connectivity index (χ1) is 15.7. The second-order valence-corrected chi connectivity index (χ2v) is 7.86. The van der Waals surface area contributed by atoms with Crippen molar-refractivity contribution >= 4 is 17.5 Å². The van der Waals surface area contributed by atoms with Crippen LogP contribution >= 0.6 is 0 Å². The second kappa shape index (κ2) is 9.86. The van der Waals surface area contributed by atoms with E-state index in [1.54, 1.807) is 11.2 Å². The van der Waals surface area contributed by atoms with Gasteiger partial charge in [-0.15, -0.1) is 10.2 Å². The maximum atomic E-state index is 13.4. The molecular weight excluding hydrogens is 404 g/mol. The molecule has 32 heavy (non-hydrogen) atoms. The Morgan fingerprint density at radius 2 is 2.03 bits per heavy atom. The summed E-state index contributed by atoms with van der Waals surface area (Å²) in [5, 5.41) is 14.7. The summed E-state index contributed by atoms with van der Waals surface area (Å²) in [6, 6.07) is 7.52. The van der Waals surface area contributed by atoms with Crippen LogP contribution in [-0.4, -0.2) is 44.2 Å². The summed E-state index contributed by atoms with van der Waals surface area (Å²) in [6.45, 7) is 6.85. The number of hydrogen-bond acceptors (Lipinski definition) is 7. The number of unbranched alkanes of at least 4 members (excludes halogenated alkanes) is 2. The maximum absolute atomic E-state index is 13.4. The van der Waals surface area contributed by atoms with E-state index >= 15 is 0 Å². The summed E-state index contributed by atoms with van der Waals surface area (Å²) < 4.78 is 1.93. The number of carbonyl (C=O) groups is 1. The van der Waals surface area contributed by atoms with Gasteiger partial charge in [-0.3, -0.25) is 9.69 Å². The van der Waals surface area contributed by atoms with Gasteiger partial charge in [0, 0.05) is 25.2 Å². The van der Waals surface area contributed by atoms with E-state index in [4.69, 9.17) is 9.97 Å². The number of amides is 1. The highest BCUT2D eigenvalue weighted by atomic mass is 16.2. The fourth-order valence-electron chi connectivity index (χ4n) is 3.93. The molecule has 0 saturated carbocycles. The van der Waals surface area contributed by atoms with Crippen LogP contribution in [0, 0.1) is 0 Å². The lowest BCUT2D eigenvalue weighted by Crippen LogP contribution is -2.24. The summed E-state index contributed by atoms with van der Waals surface area (Å²) in [7, 11) is 1.89. The number of nitrogens with one attached hydrogen (secondary N) is 2. The van der Waals surface area contributed by atoms with Crippen molar-refractivity contribution in [2.75, 3.05) is 23.8 Å². The van der Waals surface area contributed by atoms with Crippen LogP contribution in [0.25, 0.3) is 11.5 Å². The Kier molecular flexibility index (Phi) is 6.75. The van der Waals surface area contributed by atoms with Crippen LogP contribution in [0.5, 0.6) is 0 Å². The lowest BCUT2D eigenvalue weighted by Gasteiger charge is -2.15. The molecule has 4 rings (SSSR count). The summed E-state index contributed by atoms with van der Waals surface area (Å²) in [5.74, 6) is 1.98. The van der Waals surface area contributed by atoms with Crippen molar-refractivity contribution in [3.63, 3.8) is 0 Å². The van der Waals surface area contributed by atoms with Gasteiger partial charge in [-0.2, -0.15) is 0 Å². The van der Waals surface area contributed by atoms with Crippen LogP contribution < -0.4 is 15.5 Å². The molecule has 4 heterocycles. The highest BCUT2D eigenvalue weighted by Gasteiger charge is 2.32. The van der Waals surface area contributed by atoms with E-state index < -0.39 is 0 Å². The van der Waals surface area contributed by atoms with Crippen LogP contribution in [-0.2, 0) is 19.6 Å². The maximum Gasteiger partial charge on any atom is 0.260 e. The van der Waals surface area contributed by atoms with Gasteiger partial charge in [0.25, 0.3) is 5.91 Å². The molecule has 0 aliphatic carbocycles. The summed E-state index contributed by atoms with van der Waals surface area (Å²) in [6.07, 6.45) is 5.10. The van der Waals surface area contributed by atoms with Gasteiger partial charge in [-0.25, -0.2) is 9.97 Å². The molecule has 1 aliphatic rings. The number of aryl methyl sites for hydroxylation is 1. The number of rotatable bonds is 10. The summed E-state index contributed by atoms with van der Waals surface area (Å²) in [5.41, 5.74) is 3.22. The lowest BCUT2D eigenvalue weighted by molar-refractivity contribution is 0.0996. The zero-order valence-electron chi connectivity index (χ0n) is 18.9. The van der Waals surface area contributed by atoms with Crippen molar-refractivity contribution in [1.82, 2.24) is 30.0 Å². The zero-order valence-corrected chi connectivity index (χ0v) is 18.9. The van der Waals surface area contributed by atoms with Gasteiger partial charge in [0.2, 0.25) is 0 Å². The summed E-state index contributed by atoms with van der Waals surface area (Å²) in [4.78, 5) is 24.6. The van der Waals surface area contributed by atoms with Crippen LogP contribution in [0.4, 0.5) is 11.6 Å². The molecule has 0 bridgehead atoms. The largest absolute Gasteiger partial charge is 0.370 e. The Balaban J connectivity index is 1.62. The quantitative estimate of drug-likeness (QED) is 0.473. The first kappa shape index (κ1) is 21.9. The van der Waals surface area contributed by atoms with Gasteiger partial charge >= 0.3 is 0 Å².